The number of unbranched alkanes of at least 4 members (excludes halogenated alkanes) is 1. The van der Waals surface area contributed by atoms with E-state index >= 15 is 0 Å². The fraction of sp³-hybridized carbons (Fsp3) is 0.400. The quantitative estimate of drug-likeness (QED) is 0.0368. The summed E-state index contributed by atoms with van der Waals surface area (Å²) in [5.41, 5.74) is 0.734. The predicted octanol–water partition coefficient (Wildman–Crippen LogP) is 10.3. The first-order chi connectivity index (χ1) is 28.0. The highest BCUT2D eigenvalue weighted by atomic mass is 31.2. The number of nitrogens with one attached hydrogen (secondary N) is 1. The number of carbonyl (C=O) groups is 3. The monoisotopic (exact) mass is 833 g/mol. The van der Waals surface area contributed by atoms with Gasteiger partial charge in [-0.3, -0.25) is 13.8 Å². The van der Waals surface area contributed by atoms with E-state index in [-0.39, 0.29) is 25.4 Å². The zero-order valence-electron chi connectivity index (χ0n) is 34.9. The van der Waals surface area contributed by atoms with Crippen molar-refractivity contribution in [2.24, 2.45) is 0 Å². The van der Waals surface area contributed by atoms with Crippen LogP contribution in [-0.4, -0.2) is 48.5 Å². The van der Waals surface area contributed by atoms with Gasteiger partial charge in [-0.05, 0) is 114 Å². The Morgan fingerprint density at radius 1 is 0.712 bits per heavy atom. The minimum absolute atomic E-state index is 0.00623. The fourth-order valence-electron chi connectivity index (χ4n) is 5.15. The molecule has 14 heteroatoms. The number of amides is 1. The molecule has 13 nitrogen and oxygen atoms in total. The van der Waals surface area contributed by atoms with Gasteiger partial charge in [0.1, 0.15) is 47.4 Å². The van der Waals surface area contributed by atoms with Crippen molar-refractivity contribution in [2.75, 3.05) is 13.2 Å². The number of hydrogen-bond donors (Lipinski definition) is 1. The summed E-state index contributed by atoms with van der Waals surface area (Å²) >= 11 is 0. The second-order valence-electron chi connectivity index (χ2n) is 15.5. The lowest BCUT2D eigenvalue weighted by atomic mass is 10.1. The van der Waals surface area contributed by atoms with E-state index in [2.05, 4.69) is 5.32 Å². The van der Waals surface area contributed by atoms with Crippen LogP contribution < -0.4 is 19.3 Å². The van der Waals surface area contributed by atoms with E-state index < -0.39 is 49.7 Å². The van der Waals surface area contributed by atoms with Crippen molar-refractivity contribution >= 4 is 25.9 Å². The first-order valence-corrected chi connectivity index (χ1v) is 21.0. The predicted molar refractivity (Wildman–Crippen MR) is 222 cm³/mol. The van der Waals surface area contributed by atoms with Gasteiger partial charge in [-0.1, -0.05) is 74.0 Å². The molecule has 0 aliphatic rings. The Morgan fingerprint density at radius 3 is 2.08 bits per heavy atom. The molecule has 1 N–H and O–H groups in total. The number of esters is 2. The summed E-state index contributed by atoms with van der Waals surface area (Å²) < 4.78 is 59.1. The number of alkyl carbamates (subject to hydrolysis) is 1. The Hall–Kier alpha value is -5.36. The number of rotatable bonds is 21. The van der Waals surface area contributed by atoms with Crippen molar-refractivity contribution in [2.45, 2.75) is 105 Å². The van der Waals surface area contributed by atoms with Gasteiger partial charge in [-0.25, -0.2) is 14.2 Å². The molecular formula is C45H56NO12P. The summed E-state index contributed by atoms with van der Waals surface area (Å²) in [6, 6.07) is 29.8. The van der Waals surface area contributed by atoms with E-state index in [0.717, 1.165) is 23.3 Å². The second-order valence-corrected chi connectivity index (χ2v) is 17.1. The molecule has 318 valence electrons. The van der Waals surface area contributed by atoms with Crippen LogP contribution >= 0.6 is 7.82 Å². The maximum atomic E-state index is 13.8. The zero-order valence-corrected chi connectivity index (χ0v) is 35.8. The number of ether oxygens (including phenoxy) is 5. The number of benzene rings is 4. The molecule has 4 aromatic rings. The van der Waals surface area contributed by atoms with Crippen LogP contribution in [0, 0.1) is 0 Å². The summed E-state index contributed by atoms with van der Waals surface area (Å²) in [4.78, 5) is 38.4. The van der Waals surface area contributed by atoms with Gasteiger partial charge in [0.05, 0.1) is 13.2 Å². The van der Waals surface area contributed by atoms with Gasteiger partial charge in [0.15, 0.2) is 6.04 Å². The van der Waals surface area contributed by atoms with E-state index in [1.807, 2.05) is 85.8 Å². The van der Waals surface area contributed by atoms with E-state index in [1.165, 1.54) is 12.1 Å². The fourth-order valence-corrected chi connectivity index (χ4v) is 6.40. The standard InChI is InChI=1S/C45H56NO12P/c1-8-9-28-53-59(50,54-32-39(42(48)56-44(2,3)4)46-43(49)57-45(5,6)7)58-37-25-22-33(23-26-37)30-52-41(47)27-24-35-17-13-14-21-40(35)51-31-34-16-15-20-38(29-34)55-36-18-11-10-12-19-36/h10-23,25-26,29,39H,8-9,24,27-28,30-32H2,1-7H3,(H,46,49)/t39-,59?/m0/s1. The minimum atomic E-state index is -4.33. The van der Waals surface area contributed by atoms with Gasteiger partial charge in [0.2, 0.25) is 0 Å². The first kappa shape index (κ1) is 46.3. The highest BCUT2D eigenvalue weighted by molar-refractivity contribution is 7.48. The van der Waals surface area contributed by atoms with Crippen LogP contribution in [0.3, 0.4) is 0 Å². The van der Waals surface area contributed by atoms with Gasteiger partial charge in [0, 0.05) is 6.42 Å². The van der Waals surface area contributed by atoms with Crippen molar-refractivity contribution in [3.63, 3.8) is 0 Å². The molecule has 0 spiro atoms. The third kappa shape index (κ3) is 17.6. The van der Waals surface area contributed by atoms with E-state index in [0.29, 0.717) is 36.5 Å². The zero-order chi connectivity index (χ0) is 42.9. The SMILES string of the molecule is CCCCOP(=O)(OC[C@H](NC(=O)OC(C)(C)C)C(=O)OC(C)(C)C)Oc1ccc(COC(=O)CCc2ccccc2OCc2cccc(Oc3ccccc3)c2)cc1. The van der Waals surface area contributed by atoms with Crippen molar-refractivity contribution < 1.29 is 56.2 Å². The molecule has 0 bridgehead atoms. The molecule has 0 fully saturated rings. The van der Waals surface area contributed by atoms with Crippen LogP contribution in [0.2, 0.25) is 0 Å². The lowest BCUT2D eigenvalue weighted by Gasteiger charge is -2.27. The Morgan fingerprint density at radius 2 is 1.39 bits per heavy atom. The summed E-state index contributed by atoms with van der Waals surface area (Å²) in [5, 5.41) is 2.43. The highest BCUT2D eigenvalue weighted by Gasteiger charge is 2.35. The van der Waals surface area contributed by atoms with Gasteiger partial charge in [0.25, 0.3) is 0 Å². The third-order valence-corrected chi connectivity index (χ3v) is 9.31. The second kappa shape index (κ2) is 22.1. The Labute approximate surface area is 347 Å². The van der Waals surface area contributed by atoms with E-state index in [1.54, 1.807) is 53.7 Å². The Kier molecular flexibility index (Phi) is 17.4. The number of carbonyl (C=O) groups excluding carboxylic acids is 3. The number of aryl methyl sites for hydroxylation is 1. The van der Waals surface area contributed by atoms with Crippen LogP contribution in [0.1, 0.15) is 84.4 Å². The molecule has 0 aromatic heterocycles. The van der Waals surface area contributed by atoms with Gasteiger partial charge in [-0.15, -0.1) is 0 Å². The molecule has 4 aromatic carbocycles. The first-order valence-electron chi connectivity index (χ1n) is 19.6. The Bertz CT molecular complexity index is 1990. The summed E-state index contributed by atoms with van der Waals surface area (Å²) in [6.45, 7) is 11.7. The molecule has 1 unspecified atom stereocenters. The normalized spacial score (nSPS) is 13.0. The summed E-state index contributed by atoms with van der Waals surface area (Å²) in [6.07, 6.45) is 0.956. The molecule has 1 amide bonds. The molecule has 4 rings (SSSR count). The van der Waals surface area contributed by atoms with Crippen molar-refractivity contribution in [3.8, 4) is 23.0 Å². The minimum Gasteiger partial charge on any atom is -0.489 e. The van der Waals surface area contributed by atoms with Crippen molar-refractivity contribution in [1.29, 1.82) is 0 Å². The van der Waals surface area contributed by atoms with Gasteiger partial charge >= 0.3 is 25.9 Å². The van der Waals surface area contributed by atoms with Gasteiger partial charge in [-0.2, -0.15) is 0 Å². The maximum absolute atomic E-state index is 13.8. The van der Waals surface area contributed by atoms with Crippen molar-refractivity contribution in [1.82, 2.24) is 5.32 Å². The van der Waals surface area contributed by atoms with E-state index in [4.69, 9.17) is 37.3 Å². The van der Waals surface area contributed by atoms with Crippen molar-refractivity contribution in [3.05, 3.63) is 120 Å². The van der Waals surface area contributed by atoms with Crippen LogP contribution in [0.15, 0.2) is 103 Å². The maximum Gasteiger partial charge on any atom is 0.530 e. The number of para-hydroxylation sites is 2. The number of hydrogen-bond acceptors (Lipinski definition) is 12. The third-order valence-electron chi connectivity index (χ3n) is 7.91. The van der Waals surface area contributed by atoms with Crippen LogP contribution in [-0.2, 0) is 57.0 Å². The summed E-state index contributed by atoms with van der Waals surface area (Å²) in [5.74, 6) is 1.04. The smallest absolute Gasteiger partial charge is 0.489 e. The largest absolute Gasteiger partial charge is 0.530 e. The molecule has 0 aliphatic heterocycles. The molecule has 2 atom stereocenters. The molecule has 0 saturated carbocycles. The lowest BCUT2D eigenvalue weighted by Crippen LogP contribution is -2.48. The van der Waals surface area contributed by atoms with Gasteiger partial charge < -0.3 is 33.5 Å². The molecule has 0 radical (unpaired) electrons. The average molecular weight is 834 g/mol. The number of phosphoric acid groups is 1. The van der Waals surface area contributed by atoms with Crippen LogP contribution in [0.5, 0.6) is 23.0 Å². The molecule has 0 saturated heterocycles. The average Bonchev–Trinajstić information content (AvgIpc) is 3.17. The van der Waals surface area contributed by atoms with Crippen LogP contribution in [0.25, 0.3) is 0 Å². The molecule has 0 aliphatic carbocycles. The Balaban J connectivity index is 1.30. The number of phosphoric ester groups is 1. The molecule has 0 heterocycles. The highest BCUT2D eigenvalue weighted by Crippen LogP contribution is 2.50. The molecular weight excluding hydrogens is 777 g/mol. The summed E-state index contributed by atoms with van der Waals surface area (Å²) in [7, 11) is -4.33. The van der Waals surface area contributed by atoms with E-state index in [9.17, 15) is 18.9 Å². The van der Waals surface area contributed by atoms with Crippen LogP contribution in [0.4, 0.5) is 4.79 Å². The lowest BCUT2D eigenvalue weighted by molar-refractivity contribution is -0.158. The molecule has 59 heavy (non-hydrogen) atoms. The topological polar surface area (TPSA) is 154 Å².